The molecule has 0 bridgehead atoms. The average molecular weight is 337 g/mol. The number of nitrogens with two attached hydrogens (primary N) is 1. The molecule has 25 heavy (non-hydrogen) atoms. The van der Waals surface area contributed by atoms with E-state index >= 15 is 0 Å². The van der Waals surface area contributed by atoms with Gasteiger partial charge >= 0.3 is 5.97 Å². The molecule has 126 valence electrons. The van der Waals surface area contributed by atoms with Crippen LogP contribution in [0.5, 0.6) is 0 Å². The second-order valence-electron chi connectivity index (χ2n) is 5.59. The number of nitrogens with one attached hydrogen (secondary N) is 2. The zero-order chi connectivity index (χ0) is 18.1. The summed E-state index contributed by atoms with van der Waals surface area (Å²) in [5, 5.41) is 14.7. The molecule has 0 aromatic heterocycles. The Labute approximate surface area is 143 Å². The van der Waals surface area contributed by atoms with E-state index in [1.54, 1.807) is 31.2 Å². The van der Waals surface area contributed by atoms with Crippen LogP contribution in [0.3, 0.4) is 0 Å². The van der Waals surface area contributed by atoms with Gasteiger partial charge in [-0.25, -0.2) is 4.79 Å². The summed E-state index contributed by atoms with van der Waals surface area (Å²) >= 11 is 0. The third kappa shape index (κ3) is 3.07. The number of anilines is 2. The van der Waals surface area contributed by atoms with Crippen molar-refractivity contribution in [3.05, 3.63) is 64.9 Å². The Morgan fingerprint density at radius 2 is 1.72 bits per heavy atom. The molecular formula is C18H15N3O4. The van der Waals surface area contributed by atoms with Crippen LogP contribution in [-0.4, -0.2) is 22.9 Å². The number of aromatic carboxylic acids is 1. The normalized spacial score (nSPS) is 14.5. The van der Waals surface area contributed by atoms with E-state index in [0.29, 0.717) is 33.8 Å². The number of carbonyl (C=O) groups excluding carboxylic acids is 2. The second-order valence-corrected chi connectivity index (χ2v) is 5.59. The van der Waals surface area contributed by atoms with Crippen LogP contribution < -0.4 is 16.4 Å². The second kappa shape index (κ2) is 6.12. The van der Waals surface area contributed by atoms with Gasteiger partial charge in [-0.1, -0.05) is 6.07 Å². The molecule has 0 saturated carbocycles. The van der Waals surface area contributed by atoms with Crippen molar-refractivity contribution in [3.8, 4) is 0 Å². The molecule has 7 heteroatoms. The quantitative estimate of drug-likeness (QED) is 0.638. The molecule has 0 radical (unpaired) electrons. The number of carbonyl (C=O) groups is 3. The Hall–Kier alpha value is -3.61. The standard InChI is InChI=1S/C18H15N3O4/c1-9(20-12-5-2-10(3-6-12)18(24)25)15-13-7-4-11(16(19)22)8-14(13)21-17(15)23/h2-8,20H,1H3,(H2,19,22)(H,21,23)(H,24,25)/b15-9+. The van der Waals surface area contributed by atoms with Crippen molar-refractivity contribution in [2.45, 2.75) is 6.92 Å². The van der Waals surface area contributed by atoms with Crippen molar-refractivity contribution in [1.29, 1.82) is 0 Å². The van der Waals surface area contributed by atoms with Gasteiger partial charge in [0.25, 0.3) is 5.91 Å². The van der Waals surface area contributed by atoms with Crippen molar-refractivity contribution in [1.82, 2.24) is 0 Å². The molecule has 5 N–H and O–H groups in total. The zero-order valence-corrected chi connectivity index (χ0v) is 13.3. The maximum atomic E-state index is 12.3. The van der Waals surface area contributed by atoms with E-state index in [2.05, 4.69) is 10.6 Å². The summed E-state index contributed by atoms with van der Waals surface area (Å²) < 4.78 is 0. The molecule has 0 fully saturated rings. The fraction of sp³-hybridized carbons (Fsp3) is 0.0556. The van der Waals surface area contributed by atoms with Crippen LogP contribution in [-0.2, 0) is 4.79 Å². The molecule has 1 aliphatic heterocycles. The van der Waals surface area contributed by atoms with Crippen molar-refractivity contribution in [3.63, 3.8) is 0 Å². The van der Waals surface area contributed by atoms with Gasteiger partial charge < -0.3 is 21.5 Å². The van der Waals surface area contributed by atoms with Crippen molar-refractivity contribution >= 4 is 34.7 Å². The molecular weight excluding hydrogens is 322 g/mol. The first-order valence-corrected chi connectivity index (χ1v) is 7.43. The topological polar surface area (TPSA) is 122 Å². The van der Waals surface area contributed by atoms with Gasteiger partial charge in [-0.3, -0.25) is 9.59 Å². The average Bonchev–Trinajstić information content (AvgIpc) is 2.90. The molecule has 0 aliphatic carbocycles. The maximum absolute atomic E-state index is 12.3. The molecule has 2 aromatic rings. The predicted molar refractivity (Wildman–Crippen MR) is 93.2 cm³/mol. The van der Waals surface area contributed by atoms with Gasteiger partial charge in [-0.05, 0) is 43.3 Å². The lowest BCUT2D eigenvalue weighted by Crippen LogP contribution is -2.11. The fourth-order valence-electron chi connectivity index (χ4n) is 2.67. The van der Waals surface area contributed by atoms with Crippen molar-refractivity contribution in [2.75, 3.05) is 10.6 Å². The molecule has 7 nitrogen and oxygen atoms in total. The Morgan fingerprint density at radius 3 is 2.32 bits per heavy atom. The highest BCUT2D eigenvalue weighted by Crippen LogP contribution is 2.34. The number of allylic oxidation sites excluding steroid dienone is 1. The van der Waals surface area contributed by atoms with Gasteiger partial charge in [-0.2, -0.15) is 0 Å². The van der Waals surface area contributed by atoms with Gasteiger partial charge in [0.05, 0.1) is 11.1 Å². The lowest BCUT2D eigenvalue weighted by Gasteiger charge is -2.10. The number of fused-ring (bicyclic) bond motifs is 1. The van der Waals surface area contributed by atoms with Crippen molar-refractivity contribution in [2.24, 2.45) is 5.73 Å². The smallest absolute Gasteiger partial charge is 0.335 e. The summed E-state index contributed by atoms with van der Waals surface area (Å²) in [7, 11) is 0. The molecule has 1 aliphatic rings. The number of amides is 2. The van der Waals surface area contributed by atoms with Crippen LogP contribution in [0.4, 0.5) is 11.4 Å². The van der Waals surface area contributed by atoms with Crippen LogP contribution in [0, 0.1) is 0 Å². The molecule has 2 amide bonds. The Balaban J connectivity index is 1.93. The first kappa shape index (κ1) is 16.3. The number of hydrogen-bond acceptors (Lipinski definition) is 4. The Kier molecular flexibility index (Phi) is 3.98. The highest BCUT2D eigenvalue weighted by molar-refractivity contribution is 6.32. The van der Waals surface area contributed by atoms with E-state index in [0.717, 1.165) is 0 Å². The van der Waals surface area contributed by atoms with Crippen LogP contribution in [0.25, 0.3) is 5.57 Å². The summed E-state index contributed by atoms with van der Waals surface area (Å²) in [6.07, 6.45) is 0. The number of rotatable bonds is 4. The number of primary amides is 1. The summed E-state index contributed by atoms with van der Waals surface area (Å²) in [5.41, 5.74) is 8.66. The van der Waals surface area contributed by atoms with E-state index in [-0.39, 0.29) is 11.5 Å². The number of benzene rings is 2. The van der Waals surface area contributed by atoms with E-state index < -0.39 is 11.9 Å². The van der Waals surface area contributed by atoms with E-state index in [1.807, 2.05) is 0 Å². The highest BCUT2D eigenvalue weighted by atomic mass is 16.4. The van der Waals surface area contributed by atoms with E-state index in [4.69, 9.17) is 10.8 Å². The number of carboxylic acid groups (broad SMARTS) is 1. The zero-order valence-electron chi connectivity index (χ0n) is 13.3. The van der Waals surface area contributed by atoms with Gasteiger partial charge in [0.1, 0.15) is 0 Å². The number of carboxylic acids is 1. The minimum atomic E-state index is -1.00. The monoisotopic (exact) mass is 337 g/mol. The third-order valence-corrected chi connectivity index (χ3v) is 3.89. The summed E-state index contributed by atoms with van der Waals surface area (Å²) in [5.74, 6) is -1.86. The molecule has 2 aromatic carbocycles. The van der Waals surface area contributed by atoms with E-state index in [9.17, 15) is 14.4 Å². The lowest BCUT2D eigenvalue weighted by atomic mass is 10.0. The summed E-state index contributed by atoms with van der Waals surface area (Å²) in [6, 6.07) is 11.0. The van der Waals surface area contributed by atoms with Crippen molar-refractivity contribution < 1.29 is 19.5 Å². The first-order valence-electron chi connectivity index (χ1n) is 7.43. The molecule has 1 heterocycles. The SMILES string of the molecule is C/C(Nc1ccc(C(=O)O)cc1)=C1\C(=O)Nc2cc(C(N)=O)ccc21. The number of hydrogen-bond donors (Lipinski definition) is 4. The first-order chi connectivity index (χ1) is 11.9. The molecule has 0 atom stereocenters. The Morgan fingerprint density at radius 1 is 1.08 bits per heavy atom. The summed E-state index contributed by atoms with van der Waals surface area (Å²) in [4.78, 5) is 34.4. The highest BCUT2D eigenvalue weighted by Gasteiger charge is 2.27. The van der Waals surface area contributed by atoms with Gasteiger partial charge in [0.15, 0.2) is 0 Å². The fourth-order valence-corrected chi connectivity index (χ4v) is 2.67. The summed E-state index contributed by atoms with van der Waals surface area (Å²) in [6.45, 7) is 1.75. The van der Waals surface area contributed by atoms with Crippen LogP contribution >= 0.6 is 0 Å². The van der Waals surface area contributed by atoms with Crippen LogP contribution in [0.1, 0.15) is 33.2 Å². The van der Waals surface area contributed by atoms with Crippen LogP contribution in [0.15, 0.2) is 48.2 Å². The van der Waals surface area contributed by atoms with E-state index in [1.165, 1.54) is 18.2 Å². The third-order valence-electron chi connectivity index (χ3n) is 3.89. The van der Waals surface area contributed by atoms with Gasteiger partial charge in [-0.15, -0.1) is 0 Å². The van der Waals surface area contributed by atoms with Gasteiger partial charge in [0.2, 0.25) is 5.91 Å². The minimum absolute atomic E-state index is 0.179. The minimum Gasteiger partial charge on any atom is -0.478 e. The van der Waals surface area contributed by atoms with Gasteiger partial charge in [0, 0.05) is 28.2 Å². The molecule has 3 rings (SSSR count). The maximum Gasteiger partial charge on any atom is 0.335 e. The molecule has 0 saturated heterocycles. The lowest BCUT2D eigenvalue weighted by molar-refractivity contribution is -0.110. The van der Waals surface area contributed by atoms with Crippen LogP contribution in [0.2, 0.25) is 0 Å². The predicted octanol–water partition coefficient (Wildman–Crippen LogP) is 2.28. The largest absolute Gasteiger partial charge is 0.478 e. The Bertz CT molecular complexity index is 930. The molecule has 0 spiro atoms. The molecule has 0 unspecified atom stereocenters.